The molecule has 4 nitrogen and oxygen atoms in total. The quantitative estimate of drug-likeness (QED) is 0.452. The van der Waals surface area contributed by atoms with Crippen LogP contribution in [0, 0.1) is 0 Å². The molecule has 0 radical (unpaired) electrons. The molecule has 0 N–H and O–H groups in total. The number of aryl methyl sites for hydroxylation is 2. The van der Waals surface area contributed by atoms with Crippen LogP contribution >= 0.6 is 0 Å². The van der Waals surface area contributed by atoms with Crippen LogP contribution in [0.5, 0.6) is 0 Å². The molecule has 2 rings (SSSR count). The van der Waals surface area contributed by atoms with Gasteiger partial charge in [-0.2, -0.15) is 0 Å². The number of hydrogen-bond acceptors (Lipinski definition) is 2. The van der Waals surface area contributed by atoms with E-state index in [1.165, 1.54) is 76.5 Å². The minimum absolute atomic E-state index is 0.220. The topological polar surface area (TPSA) is 48.9 Å². The van der Waals surface area contributed by atoms with Gasteiger partial charge in [-0.25, -0.2) is 9.13 Å². The Morgan fingerprint density at radius 3 is 2.00 bits per heavy atom. The first kappa shape index (κ1) is 21.9. The molecule has 0 fully saturated rings. The maximum Gasteiger partial charge on any atom is 0.243 e. The van der Waals surface area contributed by atoms with Gasteiger partial charge in [-0.15, -0.1) is 0 Å². The van der Waals surface area contributed by atoms with Gasteiger partial charge in [0.25, 0.3) is 0 Å². The Kier molecular flexibility index (Phi) is 11.9. The van der Waals surface area contributed by atoms with Crippen molar-refractivity contribution in [3.05, 3.63) is 54.6 Å². The molecule has 0 amide bonds. The Morgan fingerprint density at radius 2 is 1.54 bits per heavy atom. The van der Waals surface area contributed by atoms with Crippen LogP contribution in [0.1, 0.15) is 75.1 Å². The molecular formula is C22H34N2O2. The normalized spacial score (nSPS) is 10.2. The summed E-state index contributed by atoms with van der Waals surface area (Å²) in [5.41, 5.74) is 0.220. The number of nitrogens with zero attached hydrogens (tertiary/aromatic N) is 2. The fourth-order valence-electron chi connectivity index (χ4n) is 2.81. The van der Waals surface area contributed by atoms with E-state index >= 15 is 0 Å². The van der Waals surface area contributed by atoms with Crippen LogP contribution < -0.4 is 9.67 Å². The van der Waals surface area contributed by atoms with Gasteiger partial charge in [0.05, 0.1) is 19.6 Å². The number of carboxylic acids is 1. The monoisotopic (exact) mass is 358 g/mol. The Bertz CT molecular complexity index is 593. The van der Waals surface area contributed by atoms with Crippen molar-refractivity contribution in [1.29, 1.82) is 0 Å². The van der Waals surface area contributed by atoms with E-state index in [0.717, 1.165) is 0 Å². The molecule has 1 aromatic heterocycles. The Labute approximate surface area is 158 Å². The van der Waals surface area contributed by atoms with Gasteiger partial charge in [0, 0.05) is 0 Å². The summed E-state index contributed by atoms with van der Waals surface area (Å²) in [4.78, 5) is 10.1. The number of aromatic nitrogens is 2. The Balaban J connectivity index is 0.000000314. The molecule has 0 spiro atoms. The molecule has 0 atom stereocenters. The van der Waals surface area contributed by atoms with Crippen LogP contribution in [0.3, 0.4) is 0 Å². The number of carbonyl (C=O) groups excluding carboxylic acids is 1. The molecule has 0 aliphatic carbocycles. The second kappa shape index (κ2) is 14.1. The Morgan fingerprint density at radius 1 is 0.962 bits per heavy atom. The van der Waals surface area contributed by atoms with Crippen LogP contribution in [0.2, 0.25) is 0 Å². The van der Waals surface area contributed by atoms with Crippen LogP contribution in [-0.4, -0.2) is 10.5 Å². The van der Waals surface area contributed by atoms with E-state index < -0.39 is 5.97 Å². The van der Waals surface area contributed by atoms with Gasteiger partial charge in [0.15, 0.2) is 0 Å². The summed E-state index contributed by atoms with van der Waals surface area (Å²) in [7, 11) is 2.08. The van der Waals surface area contributed by atoms with Gasteiger partial charge in [-0.1, -0.05) is 82.2 Å². The van der Waals surface area contributed by atoms with E-state index in [2.05, 4.69) is 41.8 Å². The average molecular weight is 359 g/mol. The van der Waals surface area contributed by atoms with E-state index in [1.54, 1.807) is 18.2 Å². The zero-order valence-electron chi connectivity index (χ0n) is 16.4. The van der Waals surface area contributed by atoms with Crippen LogP contribution in [-0.2, 0) is 13.6 Å². The maximum absolute atomic E-state index is 10.1. The van der Waals surface area contributed by atoms with Crippen LogP contribution in [0.4, 0.5) is 0 Å². The first-order valence-corrected chi connectivity index (χ1v) is 9.91. The lowest BCUT2D eigenvalue weighted by Gasteiger charge is -2.00. The summed E-state index contributed by atoms with van der Waals surface area (Å²) in [6.07, 6.45) is 19.1. The number of hydrogen-bond donors (Lipinski definition) is 0. The fourth-order valence-corrected chi connectivity index (χ4v) is 2.81. The van der Waals surface area contributed by atoms with E-state index in [4.69, 9.17) is 0 Å². The van der Waals surface area contributed by atoms with E-state index in [1.807, 2.05) is 0 Å². The second-order valence-electron chi connectivity index (χ2n) is 6.80. The van der Waals surface area contributed by atoms with Gasteiger partial charge in [-0.3, -0.25) is 0 Å². The first-order valence-electron chi connectivity index (χ1n) is 9.91. The lowest BCUT2D eigenvalue weighted by molar-refractivity contribution is -0.671. The highest BCUT2D eigenvalue weighted by Gasteiger charge is 1.99. The SMILES string of the molecule is CCCCCCCCCCCn1cc[n+](C)c1.O=C([O-])c1ccccc1. The molecule has 2 aromatic rings. The summed E-state index contributed by atoms with van der Waals surface area (Å²) in [6, 6.07) is 8.06. The van der Waals surface area contributed by atoms with Gasteiger partial charge in [0.2, 0.25) is 6.33 Å². The Hall–Kier alpha value is -2.10. The molecule has 26 heavy (non-hydrogen) atoms. The highest BCUT2D eigenvalue weighted by molar-refractivity contribution is 5.85. The number of aromatic carboxylic acids is 1. The number of carbonyl (C=O) groups is 1. The molecule has 0 bridgehead atoms. The van der Waals surface area contributed by atoms with Gasteiger partial charge < -0.3 is 9.90 Å². The molecule has 1 aromatic carbocycles. The smallest absolute Gasteiger partial charge is 0.243 e. The third-order valence-electron chi connectivity index (χ3n) is 4.35. The minimum atomic E-state index is -1.13. The number of imidazole rings is 1. The molecule has 0 unspecified atom stereocenters. The number of rotatable bonds is 11. The molecule has 0 saturated heterocycles. The highest BCUT2D eigenvalue weighted by atomic mass is 16.4. The van der Waals surface area contributed by atoms with Crippen molar-refractivity contribution in [2.45, 2.75) is 71.3 Å². The molecule has 4 heteroatoms. The van der Waals surface area contributed by atoms with Crippen molar-refractivity contribution in [1.82, 2.24) is 4.57 Å². The zero-order chi connectivity index (χ0) is 19.0. The van der Waals surface area contributed by atoms with Crippen LogP contribution in [0.15, 0.2) is 49.1 Å². The zero-order valence-corrected chi connectivity index (χ0v) is 16.4. The van der Waals surface area contributed by atoms with E-state index in [-0.39, 0.29) is 5.56 Å². The summed E-state index contributed by atoms with van der Waals surface area (Å²) < 4.78 is 4.38. The highest BCUT2D eigenvalue weighted by Crippen LogP contribution is 2.09. The summed E-state index contributed by atoms with van der Waals surface area (Å²) >= 11 is 0. The van der Waals surface area contributed by atoms with Gasteiger partial charge in [0.1, 0.15) is 12.4 Å². The summed E-state index contributed by atoms with van der Waals surface area (Å²) in [5.74, 6) is -1.13. The molecule has 144 valence electrons. The largest absolute Gasteiger partial charge is 0.545 e. The lowest BCUT2D eigenvalue weighted by Crippen LogP contribution is -2.23. The minimum Gasteiger partial charge on any atom is -0.545 e. The average Bonchev–Trinajstić information content (AvgIpc) is 3.07. The standard InChI is InChI=1S/C15H29N2.C7H6O2/c1-3-4-5-6-7-8-9-10-11-12-17-14-13-16(2)15-17;8-7(9)6-4-2-1-3-5-6/h13-15H,3-12H2,1-2H3;1-5H,(H,8,9)/q+1;/p-1. The summed E-state index contributed by atoms with van der Waals surface area (Å²) in [6.45, 7) is 3.46. The third kappa shape index (κ3) is 10.7. The fraction of sp³-hybridized carbons (Fsp3) is 0.545. The van der Waals surface area contributed by atoms with E-state index in [9.17, 15) is 9.90 Å². The third-order valence-corrected chi connectivity index (χ3v) is 4.35. The van der Waals surface area contributed by atoms with Crippen molar-refractivity contribution in [3.63, 3.8) is 0 Å². The number of benzene rings is 1. The van der Waals surface area contributed by atoms with E-state index in [0.29, 0.717) is 0 Å². The van der Waals surface area contributed by atoms with Crippen molar-refractivity contribution in [2.24, 2.45) is 7.05 Å². The summed E-state index contributed by atoms with van der Waals surface area (Å²) in [5, 5.41) is 10.1. The predicted molar refractivity (Wildman–Crippen MR) is 104 cm³/mol. The van der Waals surface area contributed by atoms with Crippen molar-refractivity contribution < 1.29 is 14.5 Å². The van der Waals surface area contributed by atoms with Crippen molar-refractivity contribution in [2.75, 3.05) is 0 Å². The number of carboxylic acid groups (broad SMARTS) is 1. The number of unbranched alkanes of at least 4 members (excludes halogenated alkanes) is 8. The lowest BCUT2D eigenvalue weighted by atomic mass is 10.1. The van der Waals surface area contributed by atoms with Crippen LogP contribution in [0.25, 0.3) is 0 Å². The molecule has 1 heterocycles. The molecule has 0 saturated carbocycles. The predicted octanol–water partition coefficient (Wildman–Crippen LogP) is 3.89. The molecule has 0 aliphatic heterocycles. The van der Waals surface area contributed by atoms with Crippen molar-refractivity contribution >= 4 is 5.97 Å². The molecular weight excluding hydrogens is 324 g/mol. The van der Waals surface area contributed by atoms with Gasteiger partial charge >= 0.3 is 0 Å². The van der Waals surface area contributed by atoms with Gasteiger partial charge in [-0.05, 0) is 18.4 Å². The first-order chi connectivity index (χ1) is 12.6. The molecule has 0 aliphatic rings. The second-order valence-corrected chi connectivity index (χ2v) is 6.80. The van der Waals surface area contributed by atoms with Crippen molar-refractivity contribution in [3.8, 4) is 0 Å². The maximum atomic E-state index is 10.1.